The average Bonchev–Trinajstić information content (AvgIpc) is 2.31. The SMILES string of the molecule is C=N/C=C\c1ncsc1C. The molecule has 0 fully saturated rings. The molecule has 0 unspecified atom stereocenters. The maximum atomic E-state index is 4.10. The fraction of sp³-hybridized carbons (Fsp3) is 0.143. The zero-order valence-corrected chi connectivity index (χ0v) is 6.56. The van der Waals surface area contributed by atoms with Crippen LogP contribution >= 0.6 is 11.3 Å². The van der Waals surface area contributed by atoms with Crippen LogP contribution in [-0.4, -0.2) is 11.7 Å². The Morgan fingerprint density at radius 1 is 1.80 bits per heavy atom. The molecule has 3 heteroatoms. The van der Waals surface area contributed by atoms with E-state index in [2.05, 4.69) is 16.7 Å². The lowest BCUT2D eigenvalue weighted by Crippen LogP contribution is -1.71. The van der Waals surface area contributed by atoms with Crippen molar-refractivity contribution in [3.8, 4) is 0 Å². The molecular formula is C7H8N2S. The minimum absolute atomic E-state index is 0.984. The normalized spacial score (nSPS) is 10.5. The minimum Gasteiger partial charge on any atom is -0.272 e. The molecule has 0 amide bonds. The molecule has 1 rings (SSSR count). The van der Waals surface area contributed by atoms with E-state index >= 15 is 0 Å². The van der Waals surface area contributed by atoms with Crippen molar-refractivity contribution in [1.29, 1.82) is 0 Å². The first kappa shape index (κ1) is 7.15. The first-order chi connectivity index (χ1) is 4.84. The standard InChI is InChI=1S/C7H8N2S/c1-6-7(3-4-8-2)9-5-10-6/h3-5H,2H2,1H3/b4-3-. The van der Waals surface area contributed by atoms with Gasteiger partial charge in [0, 0.05) is 11.1 Å². The van der Waals surface area contributed by atoms with Crippen LogP contribution in [0.25, 0.3) is 6.08 Å². The van der Waals surface area contributed by atoms with E-state index in [0.29, 0.717) is 0 Å². The number of aliphatic imine (C=N–C) groups is 1. The van der Waals surface area contributed by atoms with Gasteiger partial charge in [0.25, 0.3) is 0 Å². The molecule has 0 radical (unpaired) electrons. The van der Waals surface area contributed by atoms with Gasteiger partial charge in [-0.3, -0.25) is 4.99 Å². The largest absolute Gasteiger partial charge is 0.272 e. The fourth-order valence-corrected chi connectivity index (χ4v) is 1.16. The highest BCUT2D eigenvalue weighted by Crippen LogP contribution is 2.12. The van der Waals surface area contributed by atoms with Gasteiger partial charge in [-0.25, -0.2) is 4.98 Å². The number of nitrogens with zero attached hydrogens (tertiary/aromatic N) is 2. The first-order valence-electron chi connectivity index (χ1n) is 2.87. The van der Waals surface area contributed by atoms with Gasteiger partial charge in [-0.15, -0.1) is 11.3 Å². The van der Waals surface area contributed by atoms with E-state index in [4.69, 9.17) is 0 Å². The monoisotopic (exact) mass is 152 g/mol. The minimum atomic E-state index is 0.984. The third kappa shape index (κ3) is 1.51. The molecule has 0 N–H and O–H groups in total. The summed E-state index contributed by atoms with van der Waals surface area (Å²) >= 11 is 1.63. The van der Waals surface area contributed by atoms with Crippen LogP contribution in [0.1, 0.15) is 10.6 Å². The van der Waals surface area contributed by atoms with Crippen molar-refractivity contribution < 1.29 is 0 Å². The number of aromatic nitrogens is 1. The van der Waals surface area contributed by atoms with Crippen LogP contribution < -0.4 is 0 Å². The van der Waals surface area contributed by atoms with Crippen LogP contribution in [0, 0.1) is 6.92 Å². The Morgan fingerprint density at radius 2 is 2.60 bits per heavy atom. The molecule has 0 bridgehead atoms. The Hall–Kier alpha value is -0.960. The smallest absolute Gasteiger partial charge is 0.0801 e. The molecule has 52 valence electrons. The molecule has 1 aromatic heterocycles. The molecule has 0 aliphatic heterocycles. The van der Waals surface area contributed by atoms with Crippen molar-refractivity contribution in [2.45, 2.75) is 6.92 Å². The molecular weight excluding hydrogens is 144 g/mol. The third-order valence-corrected chi connectivity index (χ3v) is 1.89. The lowest BCUT2D eigenvalue weighted by Gasteiger charge is -1.83. The molecule has 0 aromatic carbocycles. The Labute approximate surface area is 64.0 Å². The maximum Gasteiger partial charge on any atom is 0.0801 e. The van der Waals surface area contributed by atoms with Crippen molar-refractivity contribution in [3.63, 3.8) is 0 Å². The van der Waals surface area contributed by atoms with E-state index < -0.39 is 0 Å². The van der Waals surface area contributed by atoms with Gasteiger partial charge in [0.05, 0.1) is 11.2 Å². The highest BCUT2D eigenvalue weighted by Gasteiger charge is 1.93. The quantitative estimate of drug-likeness (QED) is 0.596. The topological polar surface area (TPSA) is 25.2 Å². The van der Waals surface area contributed by atoms with Crippen LogP contribution in [0.2, 0.25) is 0 Å². The molecule has 0 aliphatic carbocycles. The van der Waals surface area contributed by atoms with Gasteiger partial charge in [-0.1, -0.05) is 0 Å². The summed E-state index contributed by atoms with van der Waals surface area (Å²) < 4.78 is 0. The Balaban J connectivity index is 2.83. The summed E-state index contributed by atoms with van der Waals surface area (Å²) in [5, 5.41) is 0. The van der Waals surface area contributed by atoms with E-state index in [1.165, 1.54) is 4.88 Å². The summed E-state index contributed by atoms with van der Waals surface area (Å²) in [4.78, 5) is 8.89. The molecule has 0 saturated heterocycles. The van der Waals surface area contributed by atoms with E-state index in [0.717, 1.165) is 5.69 Å². The summed E-state index contributed by atoms with van der Waals surface area (Å²) in [6.07, 6.45) is 3.49. The number of aryl methyl sites for hydroxylation is 1. The van der Waals surface area contributed by atoms with Crippen LogP contribution in [0.5, 0.6) is 0 Å². The summed E-state index contributed by atoms with van der Waals surface area (Å²) in [5.41, 5.74) is 2.80. The highest BCUT2D eigenvalue weighted by atomic mass is 32.1. The number of thiazole rings is 1. The molecule has 1 aromatic rings. The second-order valence-corrected chi connectivity index (χ2v) is 2.85. The van der Waals surface area contributed by atoms with Crippen molar-refractivity contribution >= 4 is 24.1 Å². The lowest BCUT2D eigenvalue weighted by molar-refractivity contribution is 1.34. The van der Waals surface area contributed by atoms with E-state index in [-0.39, 0.29) is 0 Å². The summed E-state index contributed by atoms with van der Waals surface area (Å²) in [5.74, 6) is 0. The predicted molar refractivity (Wildman–Crippen MR) is 45.4 cm³/mol. The molecule has 1 heterocycles. The zero-order chi connectivity index (χ0) is 7.40. The van der Waals surface area contributed by atoms with Crippen LogP contribution in [0.4, 0.5) is 0 Å². The van der Waals surface area contributed by atoms with Gasteiger partial charge in [0.15, 0.2) is 0 Å². The van der Waals surface area contributed by atoms with Gasteiger partial charge in [-0.2, -0.15) is 0 Å². The van der Waals surface area contributed by atoms with E-state index in [9.17, 15) is 0 Å². The van der Waals surface area contributed by atoms with Gasteiger partial charge in [0.2, 0.25) is 0 Å². The van der Waals surface area contributed by atoms with Gasteiger partial charge in [-0.05, 0) is 19.7 Å². The summed E-state index contributed by atoms with van der Waals surface area (Å²) in [6.45, 7) is 5.36. The highest BCUT2D eigenvalue weighted by molar-refractivity contribution is 7.09. The number of hydrogen-bond acceptors (Lipinski definition) is 3. The molecule has 2 nitrogen and oxygen atoms in total. The molecule has 0 atom stereocenters. The van der Waals surface area contributed by atoms with Crippen molar-refractivity contribution in [2.75, 3.05) is 0 Å². The van der Waals surface area contributed by atoms with Gasteiger partial charge >= 0.3 is 0 Å². The van der Waals surface area contributed by atoms with E-state index in [1.807, 2.05) is 18.5 Å². The van der Waals surface area contributed by atoms with Gasteiger partial charge < -0.3 is 0 Å². The van der Waals surface area contributed by atoms with Crippen molar-refractivity contribution in [1.82, 2.24) is 4.98 Å². The maximum absolute atomic E-state index is 4.10. The lowest BCUT2D eigenvalue weighted by atomic mass is 10.4. The summed E-state index contributed by atoms with van der Waals surface area (Å²) in [6, 6.07) is 0. The third-order valence-electron chi connectivity index (χ3n) is 1.12. The zero-order valence-electron chi connectivity index (χ0n) is 5.74. The Bertz CT molecular complexity index is 250. The second-order valence-electron chi connectivity index (χ2n) is 1.79. The number of rotatable bonds is 2. The second kappa shape index (κ2) is 3.27. The molecule has 0 saturated carbocycles. The van der Waals surface area contributed by atoms with Crippen LogP contribution in [0.15, 0.2) is 16.7 Å². The Kier molecular flexibility index (Phi) is 2.34. The fourth-order valence-electron chi connectivity index (χ4n) is 0.597. The molecule has 0 aliphatic rings. The average molecular weight is 152 g/mol. The van der Waals surface area contributed by atoms with Gasteiger partial charge in [0.1, 0.15) is 0 Å². The van der Waals surface area contributed by atoms with Crippen molar-refractivity contribution in [2.24, 2.45) is 4.99 Å². The van der Waals surface area contributed by atoms with E-state index in [1.54, 1.807) is 17.5 Å². The van der Waals surface area contributed by atoms with Crippen LogP contribution in [0.3, 0.4) is 0 Å². The number of hydrogen-bond donors (Lipinski definition) is 0. The predicted octanol–water partition coefficient (Wildman–Crippen LogP) is 2.12. The summed E-state index contributed by atoms with van der Waals surface area (Å²) in [7, 11) is 0. The molecule has 10 heavy (non-hydrogen) atoms. The first-order valence-corrected chi connectivity index (χ1v) is 3.75. The van der Waals surface area contributed by atoms with Crippen LogP contribution in [-0.2, 0) is 0 Å². The Morgan fingerprint density at radius 3 is 3.10 bits per heavy atom. The molecule has 0 spiro atoms. The van der Waals surface area contributed by atoms with Crippen molar-refractivity contribution in [3.05, 3.63) is 22.3 Å².